The van der Waals surface area contributed by atoms with E-state index in [1.165, 1.54) is 23.1 Å². The Morgan fingerprint density at radius 3 is 2.81 bits per heavy atom. The summed E-state index contributed by atoms with van der Waals surface area (Å²) in [5, 5.41) is 12.8. The largest absolute Gasteiger partial charge is 0.494 e. The first-order chi connectivity index (χ1) is 17.9. The number of nitrogens with two attached hydrogens (primary N) is 1. The molecule has 37 heavy (non-hydrogen) atoms. The lowest BCUT2D eigenvalue weighted by Crippen LogP contribution is -2.20. The number of unbranched alkanes of at least 4 members (excludes halogenated alkanes) is 1. The number of ether oxygens (including phenoxy) is 1. The van der Waals surface area contributed by atoms with E-state index in [1.54, 1.807) is 6.08 Å². The number of thioether (sulfide) groups is 1. The minimum absolute atomic E-state index is 0.122. The Morgan fingerprint density at radius 1 is 1.32 bits per heavy atom. The zero-order valence-electron chi connectivity index (χ0n) is 21.3. The molecule has 1 aromatic carbocycles. The second-order valence-corrected chi connectivity index (χ2v) is 11.2. The van der Waals surface area contributed by atoms with E-state index in [1.807, 2.05) is 28.8 Å². The van der Waals surface area contributed by atoms with Crippen LogP contribution in [0.2, 0.25) is 0 Å². The smallest absolute Gasteiger partial charge is 0.251 e. The summed E-state index contributed by atoms with van der Waals surface area (Å²) in [5.41, 5.74) is 8.04. The predicted molar refractivity (Wildman–Crippen MR) is 149 cm³/mol. The molecular formula is C27H33N5O3S2. The van der Waals surface area contributed by atoms with Gasteiger partial charge in [-0.2, -0.15) is 0 Å². The van der Waals surface area contributed by atoms with Gasteiger partial charge >= 0.3 is 0 Å². The van der Waals surface area contributed by atoms with Crippen molar-refractivity contribution in [2.24, 2.45) is 11.7 Å². The Hall–Kier alpha value is -3.11. The van der Waals surface area contributed by atoms with Gasteiger partial charge in [0.1, 0.15) is 10.8 Å². The first-order valence-electron chi connectivity index (χ1n) is 12.6. The van der Waals surface area contributed by atoms with Crippen LogP contribution in [0, 0.1) is 5.92 Å². The molecule has 0 bridgehead atoms. The summed E-state index contributed by atoms with van der Waals surface area (Å²) in [7, 11) is 0. The lowest BCUT2D eigenvalue weighted by atomic mass is 9.88. The average molecular weight is 540 g/mol. The number of amides is 2. The van der Waals surface area contributed by atoms with E-state index in [4.69, 9.17) is 10.5 Å². The molecule has 0 saturated heterocycles. The number of allylic oxidation sites excluding steroid dienone is 1. The Morgan fingerprint density at radius 2 is 2.11 bits per heavy atom. The predicted octanol–water partition coefficient (Wildman–Crippen LogP) is 5.33. The maximum Gasteiger partial charge on any atom is 0.251 e. The van der Waals surface area contributed by atoms with E-state index in [0.717, 1.165) is 53.9 Å². The van der Waals surface area contributed by atoms with Crippen molar-refractivity contribution < 1.29 is 14.3 Å². The van der Waals surface area contributed by atoms with Crippen molar-refractivity contribution in [2.45, 2.75) is 57.7 Å². The van der Waals surface area contributed by atoms with Crippen LogP contribution in [-0.4, -0.2) is 38.9 Å². The number of carbonyl (C=O) groups excluding carboxylic acids is 2. The van der Waals surface area contributed by atoms with Gasteiger partial charge < -0.3 is 15.8 Å². The molecule has 0 spiro atoms. The number of rotatable bonds is 12. The maximum absolute atomic E-state index is 12.9. The number of fused-ring (bicyclic) bond motifs is 1. The van der Waals surface area contributed by atoms with Crippen LogP contribution >= 0.6 is 23.1 Å². The monoisotopic (exact) mass is 539 g/mol. The molecule has 196 valence electrons. The summed E-state index contributed by atoms with van der Waals surface area (Å²) in [6.45, 7) is 9.38. The normalized spacial score (nSPS) is 14.7. The van der Waals surface area contributed by atoms with Crippen LogP contribution in [0.3, 0.4) is 0 Å². The van der Waals surface area contributed by atoms with Crippen molar-refractivity contribution in [3.63, 3.8) is 0 Å². The third-order valence-electron chi connectivity index (χ3n) is 6.25. The van der Waals surface area contributed by atoms with Gasteiger partial charge in [-0.25, -0.2) is 0 Å². The number of aromatic nitrogens is 3. The highest BCUT2D eigenvalue weighted by molar-refractivity contribution is 7.99. The molecule has 0 radical (unpaired) electrons. The molecule has 0 saturated carbocycles. The SMILES string of the molecule is C=CCn1c(SCC(=O)Nc2sc3c(c2C(N)=O)CCC(C)C3)nnc1-c1ccc(OCCCC)cc1. The van der Waals surface area contributed by atoms with Crippen LogP contribution in [0.1, 0.15) is 53.9 Å². The lowest BCUT2D eigenvalue weighted by Gasteiger charge is -2.18. The number of nitrogens with zero attached hydrogens (tertiary/aromatic N) is 3. The van der Waals surface area contributed by atoms with Crippen LogP contribution in [0.4, 0.5) is 5.00 Å². The number of primary amides is 1. The van der Waals surface area contributed by atoms with Crippen molar-refractivity contribution in [3.05, 3.63) is 52.9 Å². The fraction of sp³-hybridized carbons (Fsp3) is 0.407. The zero-order chi connectivity index (χ0) is 26.4. The number of anilines is 1. The van der Waals surface area contributed by atoms with Crippen molar-refractivity contribution in [3.8, 4) is 17.1 Å². The van der Waals surface area contributed by atoms with Gasteiger partial charge in [-0.05, 0) is 61.4 Å². The molecule has 1 aliphatic rings. The standard InChI is InChI=1S/C27H33N5O3S2/c1-4-6-14-35-19-10-8-18(9-11-19)25-30-31-27(32(25)13-5-2)36-16-22(33)29-26-23(24(28)34)20-12-7-17(3)15-21(20)37-26/h5,8-11,17H,2,4,6-7,12-16H2,1,3H3,(H2,28,34)(H,29,33). The van der Waals surface area contributed by atoms with Crippen molar-refractivity contribution in [1.29, 1.82) is 0 Å². The molecule has 1 aliphatic carbocycles. The maximum atomic E-state index is 12.9. The molecule has 4 rings (SSSR count). The third-order valence-corrected chi connectivity index (χ3v) is 8.39. The van der Waals surface area contributed by atoms with Crippen LogP contribution in [-0.2, 0) is 24.2 Å². The number of benzene rings is 1. The molecule has 1 unspecified atom stereocenters. The van der Waals surface area contributed by atoms with E-state index in [0.29, 0.717) is 40.6 Å². The van der Waals surface area contributed by atoms with Crippen LogP contribution in [0.25, 0.3) is 11.4 Å². The summed E-state index contributed by atoms with van der Waals surface area (Å²) < 4.78 is 7.68. The summed E-state index contributed by atoms with van der Waals surface area (Å²) in [4.78, 5) is 26.2. The van der Waals surface area contributed by atoms with Gasteiger partial charge in [0, 0.05) is 17.0 Å². The van der Waals surface area contributed by atoms with Gasteiger partial charge in [0.2, 0.25) is 5.91 Å². The average Bonchev–Trinajstić information content (AvgIpc) is 3.44. The number of hydrogen-bond donors (Lipinski definition) is 2. The summed E-state index contributed by atoms with van der Waals surface area (Å²) in [6, 6.07) is 7.76. The molecule has 3 aromatic rings. The second kappa shape index (κ2) is 12.4. The molecule has 3 N–H and O–H groups in total. The highest BCUT2D eigenvalue weighted by Gasteiger charge is 2.27. The lowest BCUT2D eigenvalue weighted by molar-refractivity contribution is -0.113. The van der Waals surface area contributed by atoms with E-state index in [2.05, 4.69) is 35.9 Å². The van der Waals surface area contributed by atoms with Crippen LogP contribution in [0.5, 0.6) is 5.75 Å². The van der Waals surface area contributed by atoms with Gasteiger partial charge in [0.05, 0.1) is 17.9 Å². The van der Waals surface area contributed by atoms with Gasteiger partial charge in [-0.1, -0.05) is 38.1 Å². The van der Waals surface area contributed by atoms with E-state index in [9.17, 15) is 9.59 Å². The topological polar surface area (TPSA) is 112 Å². The fourth-order valence-corrected chi connectivity index (χ4v) is 6.51. The van der Waals surface area contributed by atoms with E-state index in [-0.39, 0.29) is 11.7 Å². The van der Waals surface area contributed by atoms with Crippen molar-refractivity contribution >= 4 is 39.9 Å². The van der Waals surface area contributed by atoms with Crippen molar-refractivity contribution in [2.75, 3.05) is 17.7 Å². The number of hydrogen-bond acceptors (Lipinski definition) is 7. The molecule has 2 amide bonds. The van der Waals surface area contributed by atoms with Gasteiger partial charge in [-0.15, -0.1) is 28.1 Å². The fourth-order valence-electron chi connectivity index (χ4n) is 4.33. The minimum atomic E-state index is -0.493. The molecule has 10 heteroatoms. The molecular weight excluding hydrogens is 506 g/mol. The number of thiophene rings is 1. The Bertz CT molecular complexity index is 1270. The molecule has 0 aliphatic heterocycles. The third kappa shape index (κ3) is 6.42. The summed E-state index contributed by atoms with van der Waals surface area (Å²) in [6.07, 6.45) is 6.61. The highest BCUT2D eigenvalue weighted by atomic mass is 32.2. The molecule has 2 aromatic heterocycles. The minimum Gasteiger partial charge on any atom is -0.494 e. The van der Waals surface area contributed by atoms with Crippen LogP contribution in [0.15, 0.2) is 42.1 Å². The van der Waals surface area contributed by atoms with E-state index < -0.39 is 5.91 Å². The molecule has 8 nitrogen and oxygen atoms in total. The molecule has 2 heterocycles. The first-order valence-corrected chi connectivity index (χ1v) is 14.4. The Kier molecular flexibility index (Phi) is 9.04. The van der Waals surface area contributed by atoms with Gasteiger partial charge in [0.25, 0.3) is 5.91 Å². The Labute approximate surface area is 225 Å². The van der Waals surface area contributed by atoms with Crippen LogP contribution < -0.4 is 15.8 Å². The second-order valence-electron chi connectivity index (χ2n) is 9.19. The quantitative estimate of drug-likeness (QED) is 0.183. The van der Waals surface area contributed by atoms with Gasteiger partial charge in [-0.3, -0.25) is 14.2 Å². The first kappa shape index (κ1) is 26.9. The summed E-state index contributed by atoms with van der Waals surface area (Å²) >= 11 is 2.75. The van der Waals surface area contributed by atoms with Gasteiger partial charge in [0.15, 0.2) is 11.0 Å². The highest BCUT2D eigenvalue weighted by Crippen LogP contribution is 2.39. The Balaban J connectivity index is 1.44. The summed E-state index contributed by atoms with van der Waals surface area (Å²) in [5.74, 6) is 1.48. The molecule has 1 atom stereocenters. The zero-order valence-corrected chi connectivity index (χ0v) is 22.9. The number of carbonyl (C=O) groups is 2. The van der Waals surface area contributed by atoms with E-state index >= 15 is 0 Å². The molecule has 0 fully saturated rings. The van der Waals surface area contributed by atoms with Crippen molar-refractivity contribution in [1.82, 2.24) is 14.8 Å². The number of nitrogens with one attached hydrogen (secondary N) is 1.